The molecule has 123 heavy (non-hydrogen) atoms. The van der Waals surface area contributed by atoms with E-state index in [-0.39, 0.29) is 33.4 Å². The summed E-state index contributed by atoms with van der Waals surface area (Å²) >= 11 is 0. The van der Waals surface area contributed by atoms with Crippen molar-refractivity contribution in [1.82, 2.24) is 0 Å². The van der Waals surface area contributed by atoms with Gasteiger partial charge in [0.2, 0.25) is 5.91 Å². The summed E-state index contributed by atoms with van der Waals surface area (Å²) in [5.74, 6) is 4.72. The van der Waals surface area contributed by atoms with E-state index in [9.17, 15) is 9.59 Å². The van der Waals surface area contributed by atoms with Crippen LogP contribution in [0.2, 0.25) is 26.2 Å². The summed E-state index contributed by atoms with van der Waals surface area (Å²) in [5.41, 5.74) is 19.8. The molecule has 7 aromatic rings. The van der Waals surface area contributed by atoms with Gasteiger partial charge in [0.25, 0.3) is 0 Å². The number of benzene rings is 6. The molecule has 1 N–H and O–H groups in total. The first-order valence-electron chi connectivity index (χ1n) is 48.7. The first-order chi connectivity index (χ1) is 56.9. The van der Waals surface area contributed by atoms with Gasteiger partial charge in [0.15, 0.2) is 0 Å². The monoisotopic (exact) mass is 1710 g/mol. The zero-order valence-electron chi connectivity index (χ0n) is 87.8. The number of amides is 1. The minimum atomic E-state index is -0.611. The average molecular weight is 1710 g/mol. The van der Waals surface area contributed by atoms with Crippen LogP contribution in [0.15, 0.2) is 168 Å². The van der Waals surface area contributed by atoms with E-state index in [4.69, 9.17) is 4.42 Å². The van der Waals surface area contributed by atoms with Gasteiger partial charge in [-0.15, -0.1) is 0 Å². The third-order valence-corrected chi connectivity index (χ3v) is 24.8. The van der Waals surface area contributed by atoms with Crippen molar-refractivity contribution in [2.45, 2.75) is 430 Å². The number of aryl methyl sites for hydroxylation is 4. The number of anilines is 1. The van der Waals surface area contributed by atoms with Crippen LogP contribution in [0.1, 0.15) is 412 Å². The molecular weight excluding hydrogens is 1510 g/mol. The highest BCUT2D eigenvalue weighted by Gasteiger charge is 2.38. The normalized spacial score (nSPS) is 16.8. The van der Waals surface area contributed by atoms with Crippen LogP contribution in [-0.2, 0) is 61.7 Å². The summed E-state index contributed by atoms with van der Waals surface area (Å²) in [7, 11) is 2.64. The topological polar surface area (TPSA) is 68.5 Å². The van der Waals surface area contributed by atoms with Crippen molar-refractivity contribution in [3.8, 4) is 11.1 Å². The van der Waals surface area contributed by atoms with Crippen LogP contribution in [0.4, 0.5) is 5.69 Å². The van der Waals surface area contributed by atoms with Crippen molar-refractivity contribution in [3.63, 3.8) is 0 Å². The molecule has 5 nitrogen and oxygen atoms in total. The molecule has 0 bridgehead atoms. The fourth-order valence-electron chi connectivity index (χ4n) is 15.6. The maximum atomic E-state index is 11.4. The van der Waals surface area contributed by atoms with Crippen molar-refractivity contribution in [1.29, 1.82) is 0 Å². The number of para-hydroxylation sites is 1. The third kappa shape index (κ3) is 49.7. The van der Waals surface area contributed by atoms with Crippen molar-refractivity contribution in [3.05, 3.63) is 220 Å². The molecule has 13 rings (SSSR count). The van der Waals surface area contributed by atoms with Crippen molar-refractivity contribution < 1.29 is 18.7 Å². The van der Waals surface area contributed by atoms with Gasteiger partial charge in [-0.25, -0.2) is 0 Å². The fraction of sp³-hybridized carbons (Fsp3) is 0.641. The molecule has 696 valence electrons. The molecule has 2 heterocycles. The van der Waals surface area contributed by atoms with Crippen molar-refractivity contribution in [2.75, 3.05) is 19.5 Å². The Balaban J connectivity index is 0.00000133. The van der Waals surface area contributed by atoms with Gasteiger partial charge in [-0.2, -0.15) is 0 Å². The molecule has 0 atom stereocenters. The van der Waals surface area contributed by atoms with Crippen LogP contribution in [0.5, 0.6) is 0 Å². The molecule has 6 heteroatoms. The van der Waals surface area contributed by atoms with Crippen molar-refractivity contribution in [2.24, 2.45) is 44.8 Å². The van der Waals surface area contributed by atoms with E-state index in [1.54, 1.807) is 20.5 Å². The molecule has 1 aromatic heterocycles. The number of hydrogen-bond acceptors (Lipinski definition) is 4. The van der Waals surface area contributed by atoms with E-state index in [1.165, 1.54) is 191 Å². The lowest BCUT2D eigenvalue weighted by Gasteiger charge is -2.40. The minimum absolute atomic E-state index is 0.0868. The number of unbranched alkanes of at least 4 members (excludes halogenated alkanes) is 1. The predicted molar refractivity (Wildman–Crippen MR) is 553 cm³/mol. The van der Waals surface area contributed by atoms with Crippen molar-refractivity contribution >= 4 is 25.5 Å². The van der Waals surface area contributed by atoms with Crippen LogP contribution in [0.3, 0.4) is 0 Å². The molecule has 0 radical (unpaired) electrons. The summed E-state index contributed by atoms with van der Waals surface area (Å²) < 4.78 is 9.34. The van der Waals surface area contributed by atoms with E-state index in [0.29, 0.717) is 33.0 Å². The Hall–Kier alpha value is -6.08. The van der Waals surface area contributed by atoms with E-state index in [0.717, 1.165) is 60.4 Å². The van der Waals surface area contributed by atoms with Gasteiger partial charge in [0, 0.05) is 39.3 Å². The number of carbonyl (C=O) groups excluding carboxylic acids is 2. The number of methoxy groups -OCH3 is 1. The van der Waals surface area contributed by atoms with E-state index in [2.05, 4.69) is 358 Å². The Labute approximate surface area is 764 Å². The second kappa shape index (κ2) is 57.0. The summed E-state index contributed by atoms with van der Waals surface area (Å²) in [5, 5.41) is 2.85. The number of hydrogen-bond donors (Lipinski definition) is 1. The third-order valence-electron chi connectivity index (χ3n) is 24.8. The highest BCUT2D eigenvalue weighted by molar-refractivity contribution is 6.74. The van der Waals surface area contributed by atoms with Gasteiger partial charge in [-0.05, 0) is 265 Å². The molecule has 6 aliphatic rings. The summed E-state index contributed by atoms with van der Waals surface area (Å²) in [6, 6.07) is 55.8. The first kappa shape index (κ1) is 117. The second-order valence-corrected chi connectivity index (χ2v) is 51.6. The lowest BCUT2D eigenvalue weighted by atomic mass is 9.65. The lowest BCUT2D eigenvalue weighted by Crippen LogP contribution is -2.29. The number of fused-ring (bicyclic) bond motifs is 4. The van der Waals surface area contributed by atoms with E-state index in [1.807, 2.05) is 50.2 Å². The molecule has 1 aliphatic heterocycles. The molecule has 4 saturated carbocycles. The molecule has 0 spiro atoms. The quantitative estimate of drug-likeness (QED) is 0.162. The summed E-state index contributed by atoms with van der Waals surface area (Å²) in [4.78, 5) is 20.9. The number of ketones is 1. The SMILES string of the molecule is CC(C)(C)c1ccc(C(C)(C)C)cc1.CC(C)=O.CC(C)C1CCC(C)(C)CC1.CC(C)c1ccco1.CC1(C)C(=O)Nc2ccccc21.CC1(C)CCC(C(C)(C)C)CC1.CC1(C)CCCC1.CC1(C)CCCCC1.CC1(C)c2ccccc2-c2ccccc21.CCCC.CCc1ccc(CC)cc1.CCc1cccc(CC)c1.COC.C[Si](C)(C)C. The number of carbonyl (C=O) groups is 2. The van der Waals surface area contributed by atoms with Gasteiger partial charge in [-0.3, -0.25) is 4.79 Å². The van der Waals surface area contributed by atoms with Gasteiger partial charge in [0.1, 0.15) is 11.5 Å². The predicted octanol–water partition coefficient (Wildman–Crippen LogP) is 36.5. The fourth-order valence-corrected chi connectivity index (χ4v) is 15.6. The Bertz CT molecular complexity index is 3730. The Morgan fingerprint density at radius 3 is 1.02 bits per heavy atom. The molecule has 4 fully saturated rings. The largest absolute Gasteiger partial charge is 0.469 e. The van der Waals surface area contributed by atoms with Crippen LogP contribution in [0, 0.1) is 44.8 Å². The van der Waals surface area contributed by atoms with Crippen LogP contribution < -0.4 is 5.32 Å². The molecule has 6 aromatic carbocycles. The second-order valence-electron chi connectivity index (χ2n) is 45.6. The molecule has 0 unspecified atom stereocenters. The molecular formula is C117H195NO4Si. The van der Waals surface area contributed by atoms with Crippen LogP contribution in [-0.4, -0.2) is 34.0 Å². The first-order valence-corrected chi connectivity index (χ1v) is 52.7. The Morgan fingerprint density at radius 2 is 0.756 bits per heavy atom. The van der Waals surface area contributed by atoms with E-state index < -0.39 is 8.07 Å². The van der Waals surface area contributed by atoms with Crippen LogP contribution in [0.25, 0.3) is 11.1 Å². The standard InChI is InChI=1S/C15H14.C14H22.C12H24.C11H22.C10H11NO.2C10H14.C8H16.C7H10O.C7H14.C4H12Si.C4H10.C3H6O.C2H6O/c1-15(2)13-9-5-3-7-11(13)12-8-4-6-10-14(12)15;1-13(2,3)11-7-9-12(10-8-11)14(4,5)6;1-11(2,3)10-6-8-12(4,5)9-7-10;1-9(2)10-5-7-11(3,4)8-6-10;1-10(2)7-5-3-4-6-8(7)11-9(10)12;1-3-9-5-7-10(4-2)8-6-9;1-3-9-6-5-7-10(4-2)8-9;1-8(2)6-4-3-5-7-8;1-6(2)7-4-3-5-8-7;1-7(2)5-3-4-6-7;1-5(2,3)4;1-3-4-2;1-3(2)4;1-3-2/h3-10H,1-2H3;7-10H,1-6H3;10H,6-9H2,1-5H3;9-10H,5-8H2,1-4H3;3-6H,1-2H3,(H,11,12);2*5-8H,3-4H2,1-2H3;3-7H2,1-2H3;3-6H,1-2H3;3-6H2,1-2H3;1-4H3;3-4H2,1-2H3;1-2H3;1-2H3. The smallest absolute Gasteiger partial charge is 0.234 e. The summed E-state index contributed by atoms with van der Waals surface area (Å²) in [6.45, 7) is 82.7. The number of furan rings is 1. The number of rotatable bonds is 7. The van der Waals surface area contributed by atoms with Gasteiger partial charge >= 0.3 is 0 Å². The van der Waals surface area contributed by atoms with Gasteiger partial charge < -0.3 is 19.3 Å². The minimum Gasteiger partial charge on any atom is -0.469 e. The van der Waals surface area contributed by atoms with Gasteiger partial charge in [-0.1, -0.05) is 411 Å². The Morgan fingerprint density at radius 1 is 0.431 bits per heavy atom. The highest BCUT2D eigenvalue weighted by atomic mass is 28.3. The average Bonchev–Trinajstić information content (AvgIpc) is 1.59. The highest BCUT2D eigenvalue weighted by Crippen LogP contribution is 2.49. The maximum absolute atomic E-state index is 11.4. The zero-order chi connectivity index (χ0) is 94.4. The number of Topliss-reactive ketones (excluding diaryl/α,β-unsaturated/α-hetero) is 1. The molecule has 5 aliphatic carbocycles. The molecule has 1 amide bonds. The number of nitrogens with one attached hydrogen (secondary N) is 1. The van der Waals surface area contributed by atoms with E-state index >= 15 is 0 Å². The Kier molecular flexibility index (Phi) is 54.2. The molecule has 0 saturated heterocycles. The van der Waals surface area contributed by atoms with Crippen LogP contribution >= 0.6 is 0 Å². The maximum Gasteiger partial charge on any atom is 0.234 e. The number of ether oxygens (including phenoxy) is 1. The van der Waals surface area contributed by atoms with Gasteiger partial charge in [0.05, 0.1) is 11.7 Å². The zero-order valence-corrected chi connectivity index (χ0v) is 88.8. The summed E-state index contributed by atoms with van der Waals surface area (Å²) in [6.07, 6.45) is 33.6. The lowest BCUT2D eigenvalue weighted by molar-refractivity contribution is -0.119.